The minimum atomic E-state index is -3.73. The summed E-state index contributed by atoms with van der Waals surface area (Å²) in [6, 6.07) is 12.3. The van der Waals surface area contributed by atoms with E-state index in [1.54, 1.807) is 18.2 Å². The molecule has 0 aliphatic carbocycles. The van der Waals surface area contributed by atoms with Crippen LogP contribution in [0, 0.1) is 0 Å². The Morgan fingerprint density at radius 1 is 0.926 bits per heavy atom. The molecule has 7 nitrogen and oxygen atoms in total. The van der Waals surface area contributed by atoms with Gasteiger partial charge in [-0.1, -0.05) is 12.1 Å². The van der Waals surface area contributed by atoms with Crippen molar-refractivity contribution in [2.45, 2.75) is 13.8 Å². The van der Waals surface area contributed by atoms with Crippen LogP contribution in [-0.4, -0.2) is 38.7 Å². The quantitative estimate of drug-likeness (QED) is 0.735. The van der Waals surface area contributed by atoms with E-state index in [9.17, 15) is 22.8 Å². The molecule has 2 rings (SSSR count). The van der Waals surface area contributed by atoms with E-state index in [-0.39, 0.29) is 17.3 Å². The average Bonchev–Trinajstić information content (AvgIpc) is 2.59. The number of nitrogens with one attached hydrogen (secondary N) is 1. The molecule has 0 unspecified atom stereocenters. The topological polar surface area (TPSA) is 101 Å². The molecular formula is C19H20N2O5S. The van der Waals surface area contributed by atoms with Gasteiger partial charge in [-0.05, 0) is 50.2 Å². The standard InChI is InChI=1S/C19H20N2O5S/c1-13(22)15-7-9-18(10-8-15)21(27(3,25)26)12-19(24)20-17-6-4-5-16(11-17)14(2)23/h4-11H,12H2,1-3H3,(H,20,24). The van der Waals surface area contributed by atoms with E-state index in [1.165, 1.54) is 44.2 Å². The summed E-state index contributed by atoms with van der Waals surface area (Å²) in [5.74, 6) is -0.846. The second-order valence-corrected chi connectivity index (χ2v) is 7.96. The zero-order valence-corrected chi connectivity index (χ0v) is 16.0. The van der Waals surface area contributed by atoms with E-state index >= 15 is 0 Å². The largest absolute Gasteiger partial charge is 0.324 e. The molecule has 27 heavy (non-hydrogen) atoms. The van der Waals surface area contributed by atoms with Crippen LogP contribution in [-0.2, 0) is 14.8 Å². The summed E-state index contributed by atoms with van der Waals surface area (Å²) in [6.07, 6.45) is 0.996. The fraction of sp³-hybridized carbons (Fsp3) is 0.211. The molecule has 0 bridgehead atoms. The highest BCUT2D eigenvalue weighted by Gasteiger charge is 2.21. The van der Waals surface area contributed by atoms with Crippen molar-refractivity contribution in [3.05, 3.63) is 59.7 Å². The predicted molar refractivity (Wildman–Crippen MR) is 104 cm³/mol. The maximum absolute atomic E-state index is 12.3. The molecule has 0 heterocycles. The Morgan fingerprint density at radius 3 is 2.04 bits per heavy atom. The number of rotatable bonds is 7. The number of carbonyl (C=O) groups is 3. The Kier molecular flexibility index (Phi) is 6.12. The monoisotopic (exact) mass is 388 g/mol. The van der Waals surface area contributed by atoms with Crippen LogP contribution in [0.4, 0.5) is 11.4 Å². The van der Waals surface area contributed by atoms with Gasteiger partial charge in [0.05, 0.1) is 11.9 Å². The number of hydrogen-bond acceptors (Lipinski definition) is 5. The third kappa shape index (κ3) is 5.49. The molecule has 0 aromatic heterocycles. The molecule has 142 valence electrons. The Balaban J connectivity index is 2.21. The van der Waals surface area contributed by atoms with Gasteiger partial charge < -0.3 is 5.32 Å². The van der Waals surface area contributed by atoms with Crippen molar-refractivity contribution < 1.29 is 22.8 Å². The molecule has 0 aliphatic rings. The molecule has 1 N–H and O–H groups in total. The van der Waals surface area contributed by atoms with E-state index in [0.29, 0.717) is 16.8 Å². The van der Waals surface area contributed by atoms with E-state index in [0.717, 1.165) is 10.6 Å². The number of carbonyl (C=O) groups excluding carboxylic acids is 3. The average molecular weight is 388 g/mol. The van der Waals surface area contributed by atoms with Crippen LogP contribution in [0.3, 0.4) is 0 Å². The summed E-state index contributed by atoms with van der Waals surface area (Å²) in [5, 5.41) is 2.59. The number of hydrogen-bond donors (Lipinski definition) is 1. The minimum absolute atomic E-state index is 0.143. The summed E-state index contributed by atoms with van der Waals surface area (Å²) >= 11 is 0. The summed E-state index contributed by atoms with van der Waals surface area (Å²) < 4.78 is 25.2. The third-order valence-corrected chi connectivity index (χ3v) is 4.94. The highest BCUT2D eigenvalue weighted by Crippen LogP contribution is 2.19. The van der Waals surface area contributed by atoms with Crippen LogP contribution in [0.15, 0.2) is 48.5 Å². The predicted octanol–water partition coefficient (Wildman–Crippen LogP) is 2.50. The minimum Gasteiger partial charge on any atom is -0.324 e. The summed E-state index contributed by atoms with van der Waals surface area (Å²) in [6.45, 7) is 2.38. The van der Waals surface area contributed by atoms with Crippen molar-refractivity contribution in [3.8, 4) is 0 Å². The fourth-order valence-corrected chi connectivity index (χ4v) is 3.27. The van der Waals surface area contributed by atoms with Crippen LogP contribution < -0.4 is 9.62 Å². The number of anilines is 2. The van der Waals surface area contributed by atoms with Gasteiger partial charge in [-0.25, -0.2) is 8.42 Å². The maximum Gasteiger partial charge on any atom is 0.245 e. The normalized spacial score (nSPS) is 10.9. The molecule has 0 spiro atoms. The van der Waals surface area contributed by atoms with Gasteiger partial charge in [0, 0.05) is 16.8 Å². The number of benzene rings is 2. The van der Waals surface area contributed by atoms with Crippen molar-refractivity contribution in [2.24, 2.45) is 0 Å². The number of amides is 1. The number of nitrogens with zero attached hydrogens (tertiary/aromatic N) is 1. The molecule has 2 aromatic carbocycles. The van der Waals surface area contributed by atoms with Crippen molar-refractivity contribution in [3.63, 3.8) is 0 Å². The third-order valence-electron chi connectivity index (χ3n) is 3.80. The van der Waals surface area contributed by atoms with Crippen molar-refractivity contribution in [1.29, 1.82) is 0 Å². The van der Waals surface area contributed by atoms with Gasteiger partial charge >= 0.3 is 0 Å². The molecule has 0 radical (unpaired) electrons. The Morgan fingerprint density at radius 2 is 1.52 bits per heavy atom. The first-order valence-corrected chi connectivity index (χ1v) is 9.92. The summed E-state index contributed by atoms with van der Waals surface area (Å²) in [4.78, 5) is 35.1. The molecule has 0 aliphatic heterocycles. The molecule has 2 aromatic rings. The lowest BCUT2D eigenvalue weighted by Gasteiger charge is -2.22. The first-order valence-electron chi connectivity index (χ1n) is 8.07. The molecule has 1 amide bonds. The van der Waals surface area contributed by atoms with E-state index in [1.807, 2.05) is 0 Å². The van der Waals surface area contributed by atoms with Gasteiger partial charge in [-0.2, -0.15) is 0 Å². The van der Waals surface area contributed by atoms with Crippen LogP contribution >= 0.6 is 0 Å². The van der Waals surface area contributed by atoms with Crippen LogP contribution in [0.2, 0.25) is 0 Å². The van der Waals surface area contributed by atoms with Crippen molar-refractivity contribution in [2.75, 3.05) is 22.4 Å². The SMILES string of the molecule is CC(=O)c1ccc(N(CC(=O)Nc2cccc(C(C)=O)c2)S(C)(=O)=O)cc1. The van der Waals surface area contributed by atoms with Crippen LogP contribution in [0.5, 0.6) is 0 Å². The lowest BCUT2D eigenvalue weighted by Crippen LogP contribution is -2.37. The second kappa shape index (κ2) is 8.13. The lowest BCUT2D eigenvalue weighted by molar-refractivity contribution is -0.114. The number of ketones is 2. The summed E-state index contributed by atoms with van der Waals surface area (Å²) in [7, 11) is -3.73. The maximum atomic E-state index is 12.3. The zero-order valence-electron chi connectivity index (χ0n) is 15.2. The molecule has 0 saturated heterocycles. The van der Waals surface area contributed by atoms with E-state index in [4.69, 9.17) is 0 Å². The zero-order chi connectivity index (χ0) is 20.2. The van der Waals surface area contributed by atoms with Crippen LogP contribution in [0.25, 0.3) is 0 Å². The van der Waals surface area contributed by atoms with Gasteiger partial charge in [0.25, 0.3) is 0 Å². The molecule has 0 fully saturated rings. The molecule has 0 saturated carbocycles. The second-order valence-electron chi connectivity index (χ2n) is 6.06. The molecule has 8 heteroatoms. The number of Topliss-reactive ketones (excluding diaryl/α,β-unsaturated/α-hetero) is 2. The number of sulfonamides is 1. The lowest BCUT2D eigenvalue weighted by atomic mass is 10.1. The highest BCUT2D eigenvalue weighted by molar-refractivity contribution is 7.92. The Labute approximate surface area is 158 Å². The molecule has 0 atom stereocenters. The van der Waals surface area contributed by atoms with Crippen molar-refractivity contribution >= 4 is 38.9 Å². The summed E-state index contributed by atoms with van der Waals surface area (Å²) in [5.41, 5.74) is 1.55. The van der Waals surface area contributed by atoms with Gasteiger partial charge in [-0.3, -0.25) is 18.7 Å². The first-order chi connectivity index (χ1) is 12.6. The first kappa shape index (κ1) is 20.3. The molecular weight excluding hydrogens is 368 g/mol. The van der Waals surface area contributed by atoms with E-state index < -0.39 is 22.5 Å². The Hall–Kier alpha value is -3.00. The van der Waals surface area contributed by atoms with Crippen LogP contribution in [0.1, 0.15) is 34.6 Å². The van der Waals surface area contributed by atoms with Gasteiger partial charge in [-0.15, -0.1) is 0 Å². The van der Waals surface area contributed by atoms with Gasteiger partial charge in [0.2, 0.25) is 15.9 Å². The van der Waals surface area contributed by atoms with Gasteiger partial charge in [0.1, 0.15) is 6.54 Å². The highest BCUT2D eigenvalue weighted by atomic mass is 32.2. The smallest absolute Gasteiger partial charge is 0.245 e. The van der Waals surface area contributed by atoms with Crippen molar-refractivity contribution in [1.82, 2.24) is 0 Å². The van der Waals surface area contributed by atoms with E-state index in [2.05, 4.69) is 5.32 Å². The van der Waals surface area contributed by atoms with Gasteiger partial charge in [0.15, 0.2) is 11.6 Å². The Bertz CT molecular complexity index is 981. The fourth-order valence-electron chi connectivity index (χ4n) is 2.41.